The van der Waals surface area contributed by atoms with E-state index in [2.05, 4.69) is 20.7 Å². The van der Waals surface area contributed by atoms with Crippen molar-refractivity contribution in [2.45, 2.75) is 18.4 Å². The molecule has 1 N–H and O–H groups in total. The zero-order valence-electron chi connectivity index (χ0n) is 18.2. The Bertz CT molecular complexity index is 1460. The number of aromatic nitrogens is 2. The maximum Gasteiger partial charge on any atom is 0.241 e. The third-order valence-electron chi connectivity index (χ3n) is 5.26. The molecule has 1 heterocycles. The highest BCUT2D eigenvalue weighted by atomic mass is 79.9. The highest BCUT2D eigenvalue weighted by molar-refractivity contribution is 9.10. The SMILES string of the molecule is COc1cccc(S(=O)(=O)NCc2nn(-c3ccc(Cl)cc3Cl)c(-c3ccc(Br)cc3)c2C)c1. The van der Waals surface area contributed by atoms with E-state index in [1.807, 2.05) is 31.2 Å². The lowest BCUT2D eigenvalue weighted by atomic mass is 10.1. The minimum Gasteiger partial charge on any atom is -0.497 e. The third kappa shape index (κ3) is 5.16. The van der Waals surface area contributed by atoms with Crippen LogP contribution in [0.2, 0.25) is 10.0 Å². The van der Waals surface area contributed by atoms with Crippen molar-refractivity contribution >= 4 is 49.2 Å². The molecule has 0 radical (unpaired) electrons. The Labute approximate surface area is 216 Å². The topological polar surface area (TPSA) is 73.2 Å². The summed E-state index contributed by atoms with van der Waals surface area (Å²) in [6.07, 6.45) is 0. The summed E-state index contributed by atoms with van der Waals surface area (Å²) in [6, 6.07) is 19.2. The van der Waals surface area contributed by atoms with Gasteiger partial charge >= 0.3 is 0 Å². The number of benzene rings is 3. The number of nitrogens with zero attached hydrogens (tertiary/aromatic N) is 2. The average Bonchev–Trinajstić information content (AvgIpc) is 3.14. The Morgan fingerprint density at radius 1 is 1.06 bits per heavy atom. The molecule has 4 aromatic rings. The molecule has 4 rings (SSSR count). The molecule has 0 unspecified atom stereocenters. The summed E-state index contributed by atoms with van der Waals surface area (Å²) in [4.78, 5) is 0.109. The lowest BCUT2D eigenvalue weighted by molar-refractivity contribution is 0.413. The van der Waals surface area contributed by atoms with Gasteiger partial charge in [-0.1, -0.05) is 57.3 Å². The summed E-state index contributed by atoms with van der Waals surface area (Å²) >= 11 is 16.0. The van der Waals surface area contributed by atoms with Gasteiger partial charge in [0.2, 0.25) is 10.0 Å². The fraction of sp³-hybridized carbons (Fsp3) is 0.125. The van der Waals surface area contributed by atoms with Crippen molar-refractivity contribution in [1.82, 2.24) is 14.5 Å². The third-order valence-corrected chi connectivity index (χ3v) is 7.72. The molecule has 0 aliphatic carbocycles. The van der Waals surface area contributed by atoms with Crippen LogP contribution in [0.25, 0.3) is 16.9 Å². The second-order valence-corrected chi connectivity index (χ2v) is 11.0. The average molecular weight is 581 g/mol. The van der Waals surface area contributed by atoms with Crippen molar-refractivity contribution in [1.29, 1.82) is 0 Å². The molecule has 0 bridgehead atoms. The van der Waals surface area contributed by atoms with E-state index < -0.39 is 10.0 Å². The van der Waals surface area contributed by atoms with Gasteiger partial charge in [0.05, 0.1) is 40.6 Å². The molecule has 3 aromatic carbocycles. The number of ether oxygens (including phenoxy) is 1. The van der Waals surface area contributed by atoms with Crippen LogP contribution in [-0.2, 0) is 16.6 Å². The van der Waals surface area contributed by atoms with Gasteiger partial charge in [-0.05, 0) is 49.4 Å². The van der Waals surface area contributed by atoms with E-state index in [1.54, 1.807) is 35.0 Å². The van der Waals surface area contributed by atoms with Gasteiger partial charge in [-0.2, -0.15) is 5.10 Å². The molecule has 0 atom stereocenters. The highest BCUT2D eigenvalue weighted by Gasteiger charge is 2.21. The fourth-order valence-electron chi connectivity index (χ4n) is 3.50. The Balaban J connectivity index is 1.75. The van der Waals surface area contributed by atoms with Gasteiger partial charge in [0.25, 0.3) is 0 Å². The second-order valence-electron chi connectivity index (χ2n) is 7.44. The summed E-state index contributed by atoms with van der Waals surface area (Å²) in [5.41, 5.74) is 3.72. The minimum atomic E-state index is -3.79. The summed E-state index contributed by atoms with van der Waals surface area (Å²) in [5.74, 6) is 0.457. The number of nitrogens with one attached hydrogen (secondary N) is 1. The maximum atomic E-state index is 12.9. The van der Waals surface area contributed by atoms with Crippen LogP contribution in [0, 0.1) is 6.92 Å². The zero-order chi connectivity index (χ0) is 24.5. The summed E-state index contributed by atoms with van der Waals surface area (Å²) in [7, 11) is -2.30. The Morgan fingerprint density at radius 3 is 2.47 bits per heavy atom. The van der Waals surface area contributed by atoms with Crippen LogP contribution in [0.5, 0.6) is 5.75 Å². The molecule has 0 saturated carbocycles. The van der Waals surface area contributed by atoms with Gasteiger partial charge in [-0.25, -0.2) is 17.8 Å². The molecule has 0 amide bonds. The lowest BCUT2D eigenvalue weighted by Crippen LogP contribution is -2.24. The van der Waals surface area contributed by atoms with E-state index in [0.29, 0.717) is 27.2 Å². The largest absolute Gasteiger partial charge is 0.497 e. The van der Waals surface area contributed by atoms with Crippen LogP contribution in [0.15, 0.2) is 76.1 Å². The first kappa shape index (κ1) is 24.8. The molecule has 0 saturated heterocycles. The summed E-state index contributed by atoms with van der Waals surface area (Å²) in [5, 5.41) is 5.66. The van der Waals surface area contributed by atoms with Gasteiger partial charge in [0.15, 0.2) is 0 Å². The molecule has 0 spiro atoms. The van der Waals surface area contributed by atoms with Crippen LogP contribution in [0.4, 0.5) is 0 Å². The van der Waals surface area contributed by atoms with Gasteiger partial charge < -0.3 is 4.74 Å². The molecule has 34 heavy (non-hydrogen) atoms. The molecule has 1 aromatic heterocycles. The zero-order valence-corrected chi connectivity index (χ0v) is 22.1. The number of methoxy groups -OCH3 is 1. The molecule has 176 valence electrons. The van der Waals surface area contributed by atoms with Gasteiger partial charge in [0, 0.05) is 26.7 Å². The van der Waals surface area contributed by atoms with Crippen molar-refractivity contribution in [3.8, 4) is 22.7 Å². The van der Waals surface area contributed by atoms with Crippen molar-refractivity contribution < 1.29 is 13.2 Å². The first-order valence-electron chi connectivity index (χ1n) is 10.1. The normalized spacial score (nSPS) is 11.6. The van der Waals surface area contributed by atoms with E-state index in [0.717, 1.165) is 21.3 Å². The monoisotopic (exact) mass is 579 g/mol. The lowest BCUT2D eigenvalue weighted by Gasteiger charge is -2.11. The van der Waals surface area contributed by atoms with Crippen LogP contribution in [0.3, 0.4) is 0 Å². The smallest absolute Gasteiger partial charge is 0.241 e. The van der Waals surface area contributed by atoms with Crippen molar-refractivity contribution in [2.24, 2.45) is 0 Å². The molecule has 6 nitrogen and oxygen atoms in total. The second kappa shape index (κ2) is 10.1. The summed E-state index contributed by atoms with van der Waals surface area (Å²) < 4.78 is 36.2. The number of rotatable bonds is 7. The molecular weight excluding hydrogens is 561 g/mol. The highest BCUT2D eigenvalue weighted by Crippen LogP contribution is 2.33. The summed E-state index contributed by atoms with van der Waals surface area (Å²) in [6.45, 7) is 1.90. The van der Waals surface area contributed by atoms with E-state index >= 15 is 0 Å². The first-order chi connectivity index (χ1) is 16.2. The van der Waals surface area contributed by atoms with Gasteiger partial charge in [0.1, 0.15) is 5.75 Å². The van der Waals surface area contributed by atoms with Crippen LogP contribution in [-0.4, -0.2) is 25.3 Å². The Morgan fingerprint density at radius 2 is 1.79 bits per heavy atom. The molecule has 0 aliphatic rings. The molecule has 10 heteroatoms. The van der Waals surface area contributed by atoms with Crippen LogP contribution >= 0.6 is 39.1 Å². The molecular formula is C24H20BrCl2N3O3S. The van der Waals surface area contributed by atoms with Crippen molar-refractivity contribution in [2.75, 3.05) is 7.11 Å². The van der Waals surface area contributed by atoms with E-state index in [4.69, 9.17) is 33.0 Å². The quantitative estimate of drug-likeness (QED) is 0.274. The number of hydrogen-bond donors (Lipinski definition) is 1. The molecule has 0 aliphatic heterocycles. The Hall–Kier alpha value is -2.36. The predicted molar refractivity (Wildman–Crippen MR) is 138 cm³/mol. The number of hydrogen-bond acceptors (Lipinski definition) is 4. The first-order valence-corrected chi connectivity index (χ1v) is 13.2. The maximum absolute atomic E-state index is 12.9. The van der Waals surface area contributed by atoms with Gasteiger partial charge in [-0.15, -0.1) is 0 Å². The number of sulfonamides is 1. The van der Waals surface area contributed by atoms with Gasteiger partial charge in [-0.3, -0.25) is 0 Å². The predicted octanol–water partition coefficient (Wildman–Crippen LogP) is 6.40. The fourth-order valence-corrected chi connectivity index (χ4v) is 5.27. The minimum absolute atomic E-state index is 0.00683. The van der Waals surface area contributed by atoms with E-state index in [-0.39, 0.29) is 11.4 Å². The van der Waals surface area contributed by atoms with E-state index in [1.165, 1.54) is 19.2 Å². The Kier molecular flexibility index (Phi) is 7.35. The van der Waals surface area contributed by atoms with Crippen LogP contribution < -0.4 is 9.46 Å². The van der Waals surface area contributed by atoms with Crippen molar-refractivity contribution in [3.05, 3.63) is 92.5 Å². The molecule has 0 fully saturated rings. The van der Waals surface area contributed by atoms with E-state index in [9.17, 15) is 8.42 Å². The standard InChI is InChI=1S/C24H20BrCl2N3O3S/c1-15-22(14-28-34(31,32)20-5-3-4-19(13-20)33-2)29-30(23-11-10-18(26)12-21(23)27)24(15)16-6-8-17(25)9-7-16/h3-13,28H,14H2,1-2H3. The van der Waals surface area contributed by atoms with Crippen LogP contribution in [0.1, 0.15) is 11.3 Å². The van der Waals surface area contributed by atoms with Crippen molar-refractivity contribution in [3.63, 3.8) is 0 Å². The number of halogens is 3.